The predicted octanol–water partition coefficient (Wildman–Crippen LogP) is 3.93. The fourth-order valence-corrected chi connectivity index (χ4v) is 3.47. The SMILES string of the molecule is CCNC(=NCC(CC)(CC)CCO)NC1CCCC(C)C1.I. The van der Waals surface area contributed by atoms with Gasteiger partial charge in [0.05, 0.1) is 0 Å². The molecule has 1 aliphatic carbocycles. The lowest BCUT2D eigenvalue weighted by atomic mass is 9.79. The molecule has 1 fully saturated rings. The standard InChI is InChI=1S/C18H37N3O.HI/c1-5-18(6-2,11-12-22)14-20-17(19-7-3)21-16-10-8-9-15(4)13-16;/h15-16,22H,5-14H2,1-4H3,(H2,19,20,21);1H. The number of guanidine groups is 1. The van der Waals surface area contributed by atoms with Gasteiger partial charge in [-0.25, -0.2) is 0 Å². The number of nitrogens with one attached hydrogen (secondary N) is 2. The van der Waals surface area contributed by atoms with Crippen molar-refractivity contribution in [3.05, 3.63) is 0 Å². The number of nitrogens with zero attached hydrogens (tertiary/aromatic N) is 1. The van der Waals surface area contributed by atoms with Crippen LogP contribution in [-0.2, 0) is 0 Å². The summed E-state index contributed by atoms with van der Waals surface area (Å²) >= 11 is 0. The van der Waals surface area contributed by atoms with Gasteiger partial charge in [-0.15, -0.1) is 24.0 Å². The molecule has 5 heteroatoms. The topological polar surface area (TPSA) is 56.7 Å². The van der Waals surface area contributed by atoms with E-state index in [0.29, 0.717) is 6.04 Å². The van der Waals surface area contributed by atoms with Gasteiger partial charge in [0.2, 0.25) is 0 Å². The number of aliphatic hydroxyl groups excluding tert-OH is 1. The summed E-state index contributed by atoms with van der Waals surface area (Å²) in [7, 11) is 0. The van der Waals surface area contributed by atoms with Gasteiger partial charge in [-0.05, 0) is 50.4 Å². The van der Waals surface area contributed by atoms with Crippen LogP contribution in [-0.4, -0.2) is 36.8 Å². The average Bonchev–Trinajstić information content (AvgIpc) is 2.51. The van der Waals surface area contributed by atoms with Crippen LogP contribution >= 0.6 is 24.0 Å². The number of aliphatic hydroxyl groups is 1. The maximum absolute atomic E-state index is 9.34. The first-order valence-electron chi connectivity index (χ1n) is 9.24. The minimum absolute atomic E-state index is 0. The Balaban J connectivity index is 0.00000484. The zero-order chi connectivity index (χ0) is 16.4. The molecule has 0 aliphatic heterocycles. The monoisotopic (exact) mass is 439 g/mol. The first-order chi connectivity index (χ1) is 10.6. The van der Waals surface area contributed by atoms with Gasteiger partial charge >= 0.3 is 0 Å². The molecule has 0 aromatic carbocycles. The van der Waals surface area contributed by atoms with Crippen molar-refractivity contribution in [3.8, 4) is 0 Å². The summed E-state index contributed by atoms with van der Waals surface area (Å²) in [5.41, 5.74) is 0.136. The predicted molar refractivity (Wildman–Crippen MR) is 111 cm³/mol. The summed E-state index contributed by atoms with van der Waals surface area (Å²) in [6.45, 7) is 10.8. The quantitative estimate of drug-likeness (QED) is 0.305. The number of aliphatic imine (C=N–C) groups is 1. The molecule has 2 unspecified atom stereocenters. The summed E-state index contributed by atoms with van der Waals surface area (Å²) in [5.74, 6) is 1.76. The van der Waals surface area contributed by atoms with Crippen LogP contribution in [0.1, 0.15) is 72.6 Å². The summed E-state index contributed by atoms with van der Waals surface area (Å²) < 4.78 is 0. The Kier molecular flexibility index (Phi) is 12.3. The highest BCUT2D eigenvalue weighted by Gasteiger charge is 2.26. The van der Waals surface area contributed by atoms with E-state index in [0.717, 1.165) is 44.2 Å². The lowest BCUT2D eigenvalue weighted by Crippen LogP contribution is -2.45. The summed E-state index contributed by atoms with van der Waals surface area (Å²) in [5, 5.41) is 16.4. The normalized spacial score (nSPS) is 22.4. The van der Waals surface area contributed by atoms with E-state index >= 15 is 0 Å². The highest BCUT2D eigenvalue weighted by Crippen LogP contribution is 2.30. The molecule has 0 amide bonds. The largest absolute Gasteiger partial charge is 0.396 e. The van der Waals surface area contributed by atoms with Crippen LogP contribution in [0.25, 0.3) is 0 Å². The van der Waals surface area contributed by atoms with Crippen LogP contribution in [0.15, 0.2) is 4.99 Å². The summed E-state index contributed by atoms with van der Waals surface area (Å²) in [6.07, 6.45) is 8.13. The Bertz CT molecular complexity index is 332. The van der Waals surface area contributed by atoms with E-state index in [9.17, 15) is 5.11 Å². The second-order valence-electron chi connectivity index (χ2n) is 6.99. The molecule has 23 heavy (non-hydrogen) atoms. The zero-order valence-corrected chi connectivity index (χ0v) is 17.9. The third-order valence-corrected chi connectivity index (χ3v) is 5.34. The number of hydrogen-bond acceptors (Lipinski definition) is 2. The smallest absolute Gasteiger partial charge is 0.191 e. The Labute approximate surface area is 160 Å². The first kappa shape index (κ1) is 23.0. The van der Waals surface area contributed by atoms with E-state index in [1.54, 1.807) is 0 Å². The second kappa shape index (κ2) is 12.3. The van der Waals surface area contributed by atoms with E-state index in [4.69, 9.17) is 4.99 Å². The summed E-state index contributed by atoms with van der Waals surface area (Å²) in [4.78, 5) is 4.85. The Morgan fingerprint density at radius 2 is 1.91 bits per heavy atom. The second-order valence-corrected chi connectivity index (χ2v) is 6.99. The number of halogens is 1. The van der Waals surface area contributed by atoms with Crippen molar-refractivity contribution in [2.75, 3.05) is 19.7 Å². The first-order valence-corrected chi connectivity index (χ1v) is 9.24. The average molecular weight is 439 g/mol. The van der Waals surface area contributed by atoms with Crippen molar-refractivity contribution in [1.82, 2.24) is 10.6 Å². The fourth-order valence-electron chi connectivity index (χ4n) is 3.47. The Hall–Kier alpha value is -0.0400. The van der Waals surface area contributed by atoms with Gasteiger partial charge in [-0.2, -0.15) is 0 Å². The molecule has 4 nitrogen and oxygen atoms in total. The third-order valence-electron chi connectivity index (χ3n) is 5.34. The minimum Gasteiger partial charge on any atom is -0.396 e. The Morgan fingerprint density at radius 3 is 2.43 bits per heavy atom. The van der Waals surface area contributed by atoms with Crippen molar-refractivity contribution >= 4 is 29.9 Å². The molecular formula is C18H38IN3O. The van der Waals surface area contributed by atoms with Gasteiger partial charge in [-0.1, -0.05) is 33.6 Å². The maximum atomic E-state index is 9.34. The molecule has 1 saturated carbocycles. The van der Waals surface area contributed by atoms with Crippen molar-refractivity contribution in [3.63, 3.8) is 0 Å². The van der Waals surface area contributed by atoms with Crippen LogP contribution in [0, 0.1) is 11.3 Å². The zero-order valence-electron chi connectivity index (χ0n) is 15.5. The van der Waals surface area contributed by atoms with Gasteiger partial charge in [0.25, 0.3) is 0 Å². The van der Waals surface area contributed by atoms with Crippen LogP contribution in [0.5, 0.6) is 0 Å². The van der Waals surface area contributed by atoms with Gasteiger partial charge in [0.15, 0.2) is 5.96 Å². The molecule has 1 rings (SSSR count). The molecule has 3 N–H and O–H groups in total. The molecule has 0 spiro atoms. The van der Waals surface area contributed by atoms with E-state index in [1.165, 1.54) is 25.7 Å². The van der Waals surface area contributed by atoms with E-state index in [2.05, 4.69) is 38.3 Å². The van der Waals surface area contributed by atoms with Crippen molar-refractivity contribution < 1.29 is 5.11 Å². The lowest BCUT2D eigenvalue weighted by Gasteiger charge is -2.31. The highest BCUT2D eigenvalue weighted by molar-refractivity contribution is 14.0. The molecule has 138 valence electrons. The van der Waals surface area contributed by atoms with Crippen molar-refractivity contribution in [1.29, 1.82) is 0 Å². The molecule has 0 bridgehead atoms. The molecule has 0 heterocycles. The van der Waals surface area contributed by atoms with Crippen molar-refractivity contribution in [2.45, 2.75) is 78.7 Å². The molecule has 2 atom stereocenters. The van der Waals surface area contributed by atoms with Crippen LogP contribution in [0.4, 0.5) is 0 Å². The van der Waals surface area contributed by atoms with Gasteiger partial charge < -0.3 is 15.7 Å². The van der Waals surface area contributed by atoms with Gasteiger partial charge in [0.1, 0.15) is 0 Å². The van der Waals surface area contributed by atoms with Crippen LogP contribution in [0.2, 0.25) is 0 Å². The lowest BCUT2D eigenvalue weighted by molar-refractivity contribution is 0.175. The minimum atomic E-state index is 0. The van der Waals surface area contributed by atoms with Crippen molar-refractivity contribution in [2.24, 2.45) is 16.3 Å². The van der Waals surface area contributed by atoms with Crippen LogP contribution < -0.4 is 10.6 Å². The molecule has 0 radical (unpaired) electrons. The molecule has 1 aliphatic rings. The Morgan fingerprint density at radius 1 is 1.22 bits per heavy atom. The van der Waals surface area contributed by atoms with E-state index in [1.807, 2.05) is 0 Å². The van der Waals surface area contributed by atoms with Crippen LogP contribution in [0.3, 0.4) is 0 Å². The van der Waals surface area contributed by atoms with E-state index in [-0.39, 0.29) is 36.0 Å². The van der Waals surface area contributed by atoms with E-state index < -0.39 is 0 Å². The summed E-state index contributed by atoms with van der Waals surface area (Å²) in [6, 6.07) is 0.553. The number of rotatable bonds is 8. The molecule has 0 aromatic rings. The third kappa shape index (κ3) is 8.05. The number of hydrogen-bond donors (Lipinski definition) is 3. The fraction of sp³-hybridized carbons (Fsp3) is 0.944. The highest BCUT2D eigenvalue weighted by atomic mass is 127. The molecular weight excluding hydrogens is 401 g/mol. The van der Waals surface area contributed by atoms with Gasteiger partial charge in [0, 0.05) is 25.7 Å². The molecule has 0 aromatic heterocycles. The molecule has 0 saturated heterocycles. The maximum Gasteiger partial charge on any atom is 0.191 e. The van der Waals surface area contributed by atoms with Gasteiger partial charge in [-0.3, -0.25) is 4.99 Å².